The Bertz CT molecular complexity index is 689. The number of halogens is 2. The highest BCUT2D eigenvalue weighted by molar-refractivity contribution is 9.10. The zero-order valence-electron chi connectivity index (χ0n) is 10.5. The second-order valence-corrected chi connectivity index (χ2v) is 6.02. The number of amides is 1. The maximum absolute atomic E-state index is 12.3. The summed E-state index contributed by atoms with van der Waals surface area (Å²) in [4.78, 5) is 14.0. The quantitative estimate of drug-likeness (QED) is 0.897. The van der Waals surface area contributed by atoms with E-state index in [1.165, 1.54) is 0 Å². The Morgan fingerprint density at radius 3 is 2.75 bits per heavy atom. The van der Waals surface area contributed by atoms with Gasteiger partial charge in [-0.1, -0.05) is 45.7 Å². The number of hydrogen-bond acceptors (Lipinski definition) is 2. The van der Waals surface area contributed by atoms with Crippen molar-refractivity contribution in [2.75, 3.05) is 4.90 Å². The normalized spacial score (nSPS) is 17.4. The molecule has 2 aromatic carbocycles. The molecule has 2 aromatic rings. The Morgan fingerprint density at radius 2 is 2.00 bits per heavy atom. The minimum absolute atomic E-state index is 0.0991. The van der Waals surface area contributed by atoms with E-state index in [2.05, 4.69) is 15.9 Å². The van der Waals surface area contributed by atoms with Crippen molar-refractivity contribution in [2.24, 2.45) is 5.73 Å². The fraction of sp³-hybridized carbons (Fsp3) is 0.133. The highest BCUT2D eigenvalue weighted by Gasteiger charge is 2.34. The molecule has 0 spiro atoms. The topological polar surface area (TPSA) is 46.3 Å². The van der Waals surface area contributed by atoms with E-state index < -0.39 is 6.04 Å². The molecule has 2 N–H and O–H groups in total. The molecule has 3 rings (SSSR count). The fourth-order valence-corrected chi connectivity index (χ4v) is 2.97. The number of nitrogens with zero attached hydrogens (tertiary/aromatic N) is 1. The van der Waals surface area contributed by atoms with Crippen LogP contribution in [0.4, 0.5) is 5.69 Å². The zero-order chi connectivity index (χ0) is 14.3. The molecule has 3 nitrogen and oxygen atoms in total. The number of hydrogen-bond donors (Lipinski definition) is 1. The van der Waals surface area contributed by atoms with E-state index in [-0.39, 0.29) is 5.91 Å². The molecule has 0 aliphatic carbocycles. The molecule has 102 valence electrons. The maximum Gasteiger partial charge on any atom is 0.248 e. The fourth-order valence-electron chi connectivity index (χ4n) is 2.40. The molecular formula is C15H12BrClN2O. The first kappa shape index (κ1) is 13.6. The van der Waals surface area contributed by atoms with Crippen LogP contribution in [0.15, 0.2) is 46.9 Å². The van der Waals surface area contributed by atoms with Gasteiger partial charge in [-0.25, -0.2) is 0 Å². The largest absolute Gasteiger partial charge is 0.316 e. The summed E-state index contributed by atoms with van der Waals surface area (Å²) in [6, 6.07) is 12.6. The van der Waals surface area contributed by atoms with Crippen molar-refractivity contribution >= 4 is 39.1 Å². The van der Waals surface area contributed by atoms with Crippen molar-refractivity contribution in [2.45, 2.75) is 12.6 Å². The molecule has 5 heteroatoms. The van der Waals surface area contributed by atoms with Crippen molar-refractivity contribution in [1.82, 2.24) is 0 Å². The summed E-state index contributed by atoms with van der Waals surface area (Å²) in [6.07, 6.45) is 0. The van der Waals surface area contributed by atoms with E-state index in [1.807, 2.05) is 42.5 Å². The van der Waals surface area contributed by atoms with Gasteiger partial charge >= 0.3 is 0 Å². The van der Waals surface area contributed by atoms with Crippen LogP contribution in [0.5, 0.6) is 0 Å². The van der Waals surface area contributed by atoms with Gasteiger partial charge in [0.1, 0.15) is 6.04 Å². The van der Waals surface area contributed by atoms with E-state index in [0.29, 0.717) is 11.6 Å². The molecule has 0 unspecified atom stereocenters. The van der Waals surface area contributed by atoms with Crippen LogP contribution in [0, 0.1) is 0 Å². The highest BCUT2D eigenvalue weighted by atomic mass is 79.9. The molecule has 1 aliphatic rings. The Hall–Kier alpha value is -1.36. The van der Waals surface area contributed by atoms with Crippen LogP contribution in [0.3, 0.4) is 0 Å². The molecule has 1 atom stereocenters. The van der Waals surface area contributed by atoms with Crippen molar-refractivity contribution in [3.05, 3.63) is 63.1 Å². The number of fused-ring (bicyclic) bond motifs is 1. The van der Waals surface area contributed by atoms with Gasteiger partial charge in [0.05, 0.1) is 6.54 Å². The molecular weight excluding hydrogens is 340 g/mol. The third kappa shape index (κ3) is 2.24. The lowest BCUT2D eigenvalue weighted by atomic mass is 10.1. The second kappa shape index (κ2) is 5.20. The average Bonchev–Trinajstić information content (AvgIpc) is 2.66. The molecule has 0 fully saturated rings. The predicted molar refractivity (Wildman–Crippen MR) is 83.7 cm³/mol. The Kier molecular flexibility index (Phi) is 3.54. The second-order valence-electron chi connectivity index (χ2n) is 4.70. The lowest BCUT2D eigenvalue weighted by Crippen LogP contribution is -2.31. The molecule has 20 heavy (non-hydrogen) atoms. The number of benzene rings is 2. The van der Waals surface area contributed by atoms with Crippen LogP contribution < -0.4 is 10.6 Å². The first-order chi connectivity index (χ1) is 9.58. The summed E-state index contributed by atoms with van der Waals surface area (Å²) in [5.74, 6) is -0.0991. The summed E-state index contributed by atoms with van der Waals surface area (Å²) in [5, 5.41) is 0.652. The van der Waals surface area contributed by atoms with Gasteiger partial charge in [-0.2, -0.15) is 0 Å². The van der Waals surface area contributed by atoms with Crippen LogP contribution in [0.25, 0.3) is 0 Å². The molecule has 0 saturated carbocycles. The Morgan fingerprint density at radius 1 is 1.25 bits per heavy atom. The number of anilines is 1. The summed E-state index contributed by atoms with van der Waals surface area (Å²) in [7, 11) is 0. The minimum atomic E-state index is -0.606. The standard InChI is InChI=1S/C15H12BrClN2O/c16-10-5-6-13-11(7-10)14(18)15(20)19(13)8-9-3-1-2-4-12(9)17/h1-7,14H,8,18H2/t14-/m1/s1. The first-order valence-corrected chi connectivity index (χ1v) is 7.35. The van der Waals surface area contributed by atoms with Crippen LogP contribution in [-0.4, -0.2) is 5.91 Å². The summed E-state index contributed by atoms with van der Waals surface area (Å²) >= 11 is 9.57. The van der Waals surface area contributed by atoms with E-state index in [1.54, 1.807) is 4.90 Å². The van der Waals surface area contributed by atoms with Crippen molar-refractivity contribution in [3.63, 3.8) is 0 Å². The van der Waals surface area contributed by atoms with Crippen LogP contribution >= 0.6 is 27.5 Å². The summed E-state index contributed by atoms with van der Waals surface area (Å²) in [6.45, 7) is 0.431. The van der Waals surface area contributed by atoms with Crippen LogP contribution in [0.2, 0.25) is 5.02 Å². The van der Waals surface area contributed by atoms with Gasteiger partial charge in [0.15, 0.2) is 0 Å². The minimum Gasteiger partial charge on any atom is -0.316 e. The SMILES string of the molecule is N[C@H]1C(=O)N(Cc2ccccc2Cl)c2ccc(Br)cc21. The molecule has 0 aromatic heterocycles. The van der Waals surface area contributed by atoms with Crippen molar-refractivity contribution in [3.8, 4) is 0 Å². The van der Waals surface area contributed by atoms with E-state index in [4.69, 9.17) is 17.3 Å². The molecule has 1 aliphatic heterocycles. The highest BCUT2D eigenvalue weighted by Crippen LogP contribution is 2.37. The monoisotopic (exact) mass is 350 g/mol. The van der Waals surface area contributed by atoms with Crippen molar-refractivity contribution < 1.29 is 4.79 Å². The van der Waals surface area contributed by atoms with Gasteiger partial charge in [0.2, 0.25) is 5.91 Å². The lowest BCUT2D eigenvalue weighted by Gasteiger charge is -2.18. The van der Waals surface area contributed by atoms with Crippen molar-refractivity contribution in [1.29, 1.82) is 0 Å². The number of carbonyl (C=O) groups is 1. The number of rotatable bonds is 2. The summed E-state index contributed by atoms with van der Waals surface area (Å²) in [5.41, 5.74) is 8.60. The third-order valence-electron chi connectivity index (χ3n) is 3.43. The Labute approximate surface area is 130 Å². The molecule has 0 radical (unpaired) electrons. The smallest absolute Gasteiger partial charge is 0.248 e. The summed E-state index contributed by atoms with van der Waals surface area (Å²) < 4.78 is 0.916. The molecule has 1 heterocycles. The zero-order valence-corrected chi connectivity index (χ0v) is 12.9. The van der Waals surface area contributed by atoms with Crippen LogP contribution in [-0.2, 0) is 11.3 Å². The van der Waals surface area contributed by atoms with Gasteiger partial charge in [-0.3, -0.25) is 4.79 Å². The maximum atomic E-state index is 12.3. The van der Waals surface area contributed by atoms with E-state index in [0.717, 1.165) is 21.3 Å². The molecule has 1 amide bonds. The van der Waals surface area contributed by atoms with Gasteiger partial charge in [-0.15, -0.1) is 0 Å². The predicted octanol–water partition coefficient (Wildman–Crippen LogP) is 3.65. The Balaban J connectivity index is 2.00. The average molecular weight is 352 g/mol. The third-order valence-corrected chi connectivity index (χ3v) is 4.30. The van der Waals surface area contributed by atoms with Gasteiger partial charge < -0.3 is 10.6 Å². The lowest BCUT2D eigenvalue weighted by molar-refractivity contribution is -0.119. The van der Waals surface area contributed by atoms with Crippen LogP contribution in [0.1, 0.15) is 17.2 Å². The number of carbonyl (C=O) groups excluding carboxylic acids is 1. The number of nitrogens with two attached hydrogens (primary N) is 1. The van der Waals surface area contributed by atoms with Gasteiger partial charge in [0, 0.05) is 20.7 Å². The molecule has 0 bridgehead atoms. The van der Waals surface area contributed by atoms with E-state index in [9.17, 15) is 4.79 Å². The molecule has 0 saturated heterocycles. The van der Waals surface area contributed by atoms with Gasteiger partial charge in [0.25, 0.3) is 0 Å². The van der Waals surface area contributed by atoms with Gasteiger partial charge in [-0.05, 0) is 29.8 Å². The van der Waals surface area contributed by atoms with E-state index >= 15 is 0 Å². The first-order valence-electron chi connectivity index (χ1n) is 6.18.